The number of nitrogens with zero attached hydrogens (tertiary/aromatic N) is 3. The first-order chi connectivity index (χ1) is 7.02. The minimum absolute atomic E-state index is 0.158. The van der Waals surface area contributed by atoms with E-state index >= 15 is 0 Å². The number of hydrogen-bond acceptors (Lipinski definition) is 4. The number of rotatable bonds is 5. The van der Waals surface area contributed by atoms with Crippen molar-refractivity contribution < 1.29 is 14.6 Å². The summed E-state index contributed by atoms with van der Waals surface area (Å²) in [4.78, 5) is 14.5. The van der Waals surface area contributed by atoms with Crippen LogP contribution in [0.1, 0.15) is 32.6 Å². The molecule has 0 bridgehead atoms. The van der Waals surface area contributed by atoms with Crippen molar-refractivity contribution in [2.75, 3.05) is 0 Å². The molecule has 1 N–H and O–H groups in total. The monoisotopic (exact) mass is 213 g/mol. The molecule has 15 heavy (non-hydrogen) atoms. The van der Waals surface area contributed by atoms with Crippen LogP contribution in [0.4, 0.5) is 0 Å². The molecular formula is C9H15N3O3. The Balaban J connectivity index is 2.57. The van der Waals surface area contributed by atoms with Gasteiger partial charge in [0.2, 0.25) is 0 Å². The summed E-state index contributed by atoms with van der Waals surface area (Å²) in [5.74, 6) is -0.344. The molecule has 0 aliphatic rings. The summed E-state index contributed by atoms with van der Waals surface area (Å²) in [6, 6.07) is 0.186. The second-order valence-electron chi connectivity index (χ2n) is 3.51. The zero-order chi connectivity index (χ0) is 11.4. The molecule has 1 atom stereocenters. The number of aliphatic carboxylic acids is 1. The van der Waals surface area contributed by atoms with Crippen LogP contribution in [-0.4, -0.2) is 31.9 Å². The molecule has 1 rings (SSSR count). The lowest BCUT2D eigenvalue weighted by Gasteiger charge is -2.11. The Kier molecular flexibility index (Phi) is 3.79. The molecule has 0 aliphatic carbocycles. The van der Waals surface area contributed by atoms with Gasteiger partial charge in [0, 0.05) is 6.04 Å². The van der Waals surface area contributed by atoms with Crippen LogP contribution in [0, 0.1) is 0 Å². The van der Waals surface area contributed by atoms with E-state index in [0.29, 0.717) is 5.82 Å². The largest absolute Gasteiger partial charge is 0.479 e. The van der Waals surface area contributed by atoms with Crippen molar-refractivity contribution in [3.8, 4) is 0 Å². The van der Waals surface area contributed by atoms with Gasteiger partial charge in [0.15, 0.2) is 11.9 Å². The van der Waals surface area contributed by atoms with Gasteiger partial charge in [-0.3, -0.25) is 0 Å². The van der Waals surface area contributed by atoms with Gasteiger partial charge in [-0.2, -0.15) is 5.10 Å². The van der Waals surface area contributed by atoms with E-state index in [-0.39, 0.29) is 12.6 Å². The molecule has 0 spiro atoms. The van der Waals surface area contributed by atoms with Crippen molar-refractivity contribution in [1.82, 2.24) is 14.8 Å². The average Bonchev–Trinajstić information content (AvgIpc) is 2.61. The van der Waals surface area contributed by atoms with Gasteiger partial charge >= 0.3 is 5.97 Å². The molecule has 6 heteroatoms. The molecule has 0 aliphatic heterocycles. The molecule has 1 aromatic rings. The third kappa shape index (κ3) is 3.02. The number of aromatic nitrogens is 3. The highest BCUT2D eigenvalue weighted by atomic mass is 16.5. The number of ether oxygens (including phenoxy) is 1. The summed E-state index contributed by atoms with van der Waals surface area (Å²) >= 11 is 0. The molecule has 0 saturated heterocycles. The zero-order valence-corrected chi connectivity index (χ0v) is 9.04. The van der Waals surface area contributed by atoms with Crippen molar-refractivity contribution in [2.45, 2.75) is 39.5 Å². The molecule has 0 unspecified atom stereocenters. The Labute approximate surface area is 87.9 Å². The number of carboxylic acids is 1. The number of carbonyl (C=O) groups is 1. The fraction of sp³-hybridized carbons (Fsp3) is 0.667. The van der Waals surface area contributed by atoms with Gasteiger partial charge in [-0.1, -0.05) is 0 Å². The lowest BCUT2D eigenvalue weighted by Crippen LogP contribution is -2.21. The van der Waals surface area contributed by atoms with Gasteiger partial charge in [-0.05, 0) is 20.8 Å². The number of hydrogen-bond donors (Lipinski definition) is 1. The van der Waals surface area contributed by atoms with Crippen LogP contribution in [0.3, 0.4) is 0 Å². The van der Waals surface area contributed by atoms with E-state index in [2.05, 4.69) is 10.1 Å². The van der Waals surface area contributed by atoms with Gasteiger partial charge in [-0.15, -0.1) is 0 Å². The second kappa shape index (κ2) is 4.88. The SMILES string of the molecule is CC(C)n1ncnc1CO[C@@H](C)C(=O)O. The topological polar surface area (TPSA) is 77.2 Å². The summed E-state index contributed by atoms with van der Waals surface area (Å²) in [6.07, 6.45) is 0.603. The summed E-state index contributed by atoms with van der Waals surface area (Å²) in [5, 5.41) is 12.6. The van der Waals surface area contributed by atoms with Crippen molar-refractivity contribution in [2.24, 2.45) is 0 Å². The first-order valence-electron chi connectivity index (χ1n) is 4.75. The van der Waals surface area contributed by atoms with Gasteiger partial charge in [0.1, 0.15) is 12.9 Å². The molecule has 0 radical (unpaired) electrons. The molecule has 6 nitrogen and oxygen atoms in total. The van der Waals surface area contributed by atoms with Crippen LogP contribution in [-0.2, 0) is 16.1 Å². The quantitative estimate of drug-likeness (QED) is 0.784. The standard InChI is InChI=1S/C9H15N3O3/c1-6(2)12-8(10-5-11-12)4-15-7(3)9(13)14/h5-7H,4H2,1-3H3,(H,13,14)/t7-/m0/s1. The highest BCUT2D eigenvalue weighted by molar-refractivity contribution is 5.71. The minimum Gasteiger partial charge on any atom is -0.479 e. The first-order valence-corrected chi connectivity index (χ1v) is 4.75. The van der Waals surface area contributed by atoms with Crippen LogP contribution in [0.2, 0.25) is 0 Å². The Morgan fingerprint density at radius 2 is 2.27 bits per heavy atom. The van der Waals surface area contributed by atoms with Crippen LogP contribution in [0.5, 0.6) is 0 Å². The van der Waals surface area contributed by atoms with Gasteiger partial charge in [-0.25, -0.2) is 14.5 Å². The minimum atomic E-state index is -0.981. The highest BCUT2D eigenvalue weighted by Gasteiger charge is 2.14. The van der Waals surface area contributed by atoms with Crippen molar-refractivity contribution in [3.63, 3.8) is 0 Å². The maximum atomic E-state index is 10.5. The summed E-state index contributed by atoms with van der Waals surface area (Å²) in [5.41, 5.74) is 0. The fourth-order valence-electron chi connectivity index (χ4n) is 1.08. The predicted octanol–water partition coefficient (Wildman–Crippen LogP) is 0.849. The lowest BCUT2D eigenvalue weighted by molar-refractivity contribution is -0.150. The third-order valence-electron chi connectivity index (χ3n) is 1.95. The Morgan fingerprint density at radius 1 is 1.60 bits per heavy atom. The van der Waals surface area contributed by atoms with E-state index in [1.54, 1.807) is 4.68 Å². The molecule has 84 valence electrons. The molecule has 1 aromatic heterocycles. The van der Waals surface area contributed by atoms with E-state index in [0.717, 1.165) is 0 Å². The van der Waals surface area contributed by atoms with Crippen molar-refractivity contribution >= 4 is 5.97 Å². The van der Waals surface area contributed by atoms with Crippen LogP contribution in [0.25, 0.3) is 0 Å². The molecule has 0 amide bonds. The van der Waals surface area contributed by atoms with Crippen molar-refractivity contribution in [1.29, 1.82) is 0 Å². The maximum absolute atomic E-state index is 10.5. The average molecular weight is 213 g/mol. The summed E-state index contributed by atoms with van der Waals surface area (Å²) in [7, 11) is 0. The van der Waals surface area contributed by atoms with Gasteiger partial charge in [0.05, 0.1) is 0 Å². The summed E-state index contributed by atoms with van der Waals surface area (Å²) in [6.45, 7) is 5.58. The van der Waals surface area contributed by atoms with E-state index in [1.165, 1.54) is 13.3 Å². The van der Waals surface area contributed by atoms with Crippen LogP contribution in [0.15, 0.2) is 6.33 Å². The molecule has 1 heterocycles. The van der Waals surface area contributed by atoms with E-state index < -0.39 is 12.1 Å². The number of carboxylic acid groups (broad SMARTS) is 1. The normalized spacial score (nSPS) is 13.1. The second-order valence-corrected chi connectivity index (χ2v) is 3.51. The van der Waals surface area contributed by atoms with Crippen LogP contribution < -0.4 is 0 Å². The van der Waals surface area contributed by atoms with E-state index in [1.807, 2.05) is 13.8 Å². The van der Waals surface area contributed by atoms with Gasteiger partial charge in [0.25, 0.3) is 0 Å². The third-order valence-corrected chi connectivity index (χ3v) is 1.95. The smallest absolute Gasteiger partial charge is 0.332 e. The van der Waals surface area contributed by atoms with E-state index in [9.17, 15) is 4.79 Å². The zero-order valence-electron chi connectivity index (χ0n) is 9.04. The Morgan fingerprint density at radius 3 is 2.80 bits per heavy atom. The molecule has 0 fully saturated rings. The fourth-order valence-corrected chi connectivity index (χ4v) is 1.08. The summed E-state index contributed by atoms with van der Waals surface area (Å²) < 4.78 is 6.82. The van der Waals surface area contributed by atoms with E-state index in [4.69, 9.17) is 9.84 Å². The molecule has 0 aromatic carbocycles. The van der Waals surface area contributed by atoms with Gasteiger partial charge < -0.3 is 9.84 Å². The Hall–Kier alpha value is -1.43. The van der Waals surface area contributed by atoms with Crippen LogP contribution >= 0.6 is 0 Å². The predicted molar refractivity (Wildman–Crippen MR) is 52.3 cm³/mol. The highest BCUT2D eigenvalue weighted by Crippen LogP contribution is 2.07. The Bertz CT molecular complexity index is 335. The maximum Gasteiger partial charge on any atom is 0.332 e. The first kappa shape index (κ1) is 11.6. The lowest BCUT2D eigenvalue weighted by atomic mass is 10.4. The van der Waals surface area contributed by atoms with Crippen molar-refractivity contribution in [3.05, 3.63) is 12.2 Å². The molecular weight excluding hydrogens is 198 g/mol. The molecule has 0 saturated carbocycles.